The van der Waals surface area contributed by atoms with Gasteiger partial charge in [0.1, 0.15) is 11.5 Å². The summed E-state index contributed by atoms with van der Waals surface area (Å²) in [6.07, 6.45) is -0.550. The first-order chi connectivity index (χ1) is 9.97. The van der Waals surface area contributed by atoms with Crippen LogP contribution in [0.2, 0.25) is 0 Å². The SMILES string of the molecule is CNC(=O)C(C)Oc1cc(OC)ccc1CNCC(C)C. The Kier molecular flexibility index (Phi) is 7.02. The molecule has 21 heavy (non-hydrogen) atoms. The number of ether oxygens (including phenoxy) is 2. The molecular formula is C16H26N2O3. The minimum Gasteiger partial charge on any atom is -0.497 e. The fraction of sp³-hybridized carbons (Fsp3) is 0.562. The lowest BCUT2D eigenvalue weighted by atomic mass is 10.1. The van der Waals surface area contributed by atoms with Crippen LogP contribution in [0.1, 0.15) is 26.3 Å². The molecule has 0 bridgehead atoms. The highest BCUT2D eigenvalue weighted by Gasteiger charge is 2.15. The molecule has 118 valence electrons. The average molecular weight is 294 g/mol. The monoisotopic (exact) mass is 294 g/mol. The van der Waals surface area contributed by atoms with Crippen molar-refractivity contribution < 1.29 is 14.3 Å². The Morgan fingerprint density at radius 2 is 2.00 bits per heavy atom. The van der Waals surface area contributed by atoms with E-state index in [2.05, 4.69) is 24.5 Å². The summed E-state index contributed by atoms with van der Waals surface area (Å²) in [6.45, 7) is 7.66. The molecule has 1 amide bonds. The van der Waals surface area contributed by atoms with Gasteiger partial charge < -0.3 is 20.1 Å². The first-order valence-corrected chi connectivity index (χ1v) is 7.23. The lowest BCUT2D eigenvalue weighted by molar-refractivity contribution is -0.126. The molecule has 1 aromatic carbocycles. The Labute approximate surface area is 127 Å². The molecule has 1 atom stereocenters. The van der Waals surface area contributed by atoms with Gasteiger partial charge in [-0.1, -0.05) is 19.9 Å². The number of hydrogen-bond acceptors (Lipinski definition) is 4. The van der Waals surface area contributed by atoms with E-state index in [9.17, 15) is 4.79 Å². The molecular weight excluding hydrogens is 268 g/mol. The molecule has 1 unspecified atom stereocenters. The minimum absolute atomic E-state index is 0.154. The summed E-state index contributed by atoms with van der Waals surface area (Å²) in [6, 6.07) is 5.66. The molecule has 0 heterocycles. The Balaban J connectivity index is 2.83. The highest BCUT2D eigenvalue weighted by atomic mass is 16.5. The highest BCUT2D eigenvalue weighted by molar-refractivity contribution is 5.80. The quantitative estimate of drug-likeness (QED) is 0.769. The van der Waals surface area contributed by atoms with E-state index in [0.29, 0.717) is 24.0 Å². The molecule has 0 aliphatic rings. The predicted octanol–water partition coefficient (Wildman–Crippen LogP) is 1.95. The number of methoxy groups -OCH3 is 1. The topological polar surface area (TPSA) is 59.6 Å². The molecule has 5 heteroatoms. The summed E-state index contributed by atoms with van der Waals surface area (Å²) in [5.74, 6) is 1.81. The van der Waals surface area contributed by atoms with Crippen molar-refractivity contribution in [3.8, 4) is 11.5 Å². The van der Waals surface area contributed by atoms with E-state index < -0.39 is 6.10 Å². The van der Waals surface area contributed by atoms with E-state index >= 15 is 0 Å². The molecule has 0 aliphatic heterocycles. The van der Waals surface area contributed by atoms with Crippen molar-refractivity contribution in [1.29, 1.82) is 0 Å². The molecule has 5 nitrogen and oxygen atoms in total. The van der Waals surface area contributed by atoms with E-state index in [1.54, 1.807) is 21.1 Å². The van der Waals surface area contributed by atoms with Gasteiger partial charge in [-0.15, -0.1) is 0 Å². The van der Waals surface area contributed by atoms with Crippen molar-refractivity contribution >= 4 is 5.91 Å². The summed E-state index contributed by atoms with van der Waals surface area (Å²) in [5.41, 5.74) is 1.01. The minimum atomic E-state index is -0.550. The number of rotatable bonds is 8. The van der Waals surface area contributed by atoms with E-state index in [1.165, 1.54) is 0 Å². The Bertz CT molecular complexity index is 461. The summed E-state index contributed by atoms with van der Waals surface area (Å²) in [4.78, 5) is 11.6. The molecule has 0 fully saturated rings. The van der Waals surface area contributed by atoms with Crippen molar-refractivity contribution in [3.63, 3.8) is 0 Å². The van der Waals surface area contributed by atoms with Gasteiger partial charge in [0.15, 0.2) is 6.10 Å². The summed E-state index contributed by atoms with van der Waals surface area (Å²) < 4.78 is 11.0. The van der Waals surface area contributed by atoms with E-state index in [4.69, 9.17) is 9.47 Å². The number of amides is 1. The van der Waals surface area contributed by atoms with Gasteiger partial charge in [0.05, 0.1) is 7.11 Å². The fourth-order valence-corrected chi connectivity index (χ4v) is 1.86. The number of benzene rings is 1. The molecule has 0 radical (unpaired) electrons. The van der Waals surface area contributed by atoms with Crippen LogP contribution in [0.5, 0.6) is 11.5 Å². The Hall–Kier alpha value is -1.75. The molecule has 0 spiro atoms. The van der Waals surface area contributed by atoms with Crippen LogP contribution >= 0.6 is 0 Å². The summed E-state index contributed by atoms with van der Waals surface area (Å²) in [7, 11) is 3.21. The van der Waals surface area contributed by atoms with Gasteiger partial charge in [-0.25, -0.2) is 0 Å². The Morgan fingerprint density at radius 3 is 2.57 bits per heavy atom. The first-order valence-electron chi connectivity index (χ1n) is 7.23. The molecule has 0 saturated carbocycles. The van der Waals surface area contributed by atoms with Crippen molar-refractivity contribution in [1.82, 2.24) is 10.6 Å². The molecule has 0 aromatic heterocycles. The third-order valence-corrected chi connectivity index (χ3v) is 3.06. The maximum atomic E-state index is 11.6. The average Bonchev–Trinajstić information content (AvgIpc) is 2.47. The smallest absolute Gasteiger partial charge is 0.260 e. The Morgan fingerprint density at radius 1 is 1.29 bits per heavy atom. The largest absolute Gasteiger partial charge is 0.497 e. The fourth-order valence-electron chi connectivity index (χ4n) is 1.86. The zero-order valence-corrected chi connectivity index (χ0v) is 13.5. The number of hydrogen-bond donors (Lipinski definition) is 2. The van der Waals surface area contributed by atoms with Gasteiger partial charge in [0.25, 0.3) is 5.91 Å². The van der Waals surface area contributed by atoms with Crippen LogP contribution in [0.15, 0.2) is 18.2 Å². The van der Waals surface area contributed by atoms with Gasteiger partial charge in [-0.2, -0.15) is 0 Å². The summed E-state index contributed by atoms with van der Waals surface area (Å²) in [5, 5.41) is 5.95. The normalized spacial score (nSPS) is 12.1. The highest BCUT2D eigenvalue weighted by Crippen LogP contribution is 2.26. The number of carbonyl (C=O) groups is 1. The number of likely N-dealkylation sites (N-methyl/N-ethyl adjacent to an activating group) is 1. The third-order valence-electron chi connectivity index (χ3n) is 3.06. The molecule has 1 aromatic rings. The number of nitrogens with one attached hydrogen (secondary N) is 2. The molecule has 0 aliphatic carbocycles. The zero-order valence-electron chi connectivity index (χ0n) is 13.5. The van der Waals surface area contributed by atoms with E-state index in [-0.39, 0.29) is 5.91 Å². The van der Waals surface area contributed by atoms with Crippen LogP contribution in [0, 0.1) is 5.92 Å². The third kappa shape index (κ3) is 5.63. The van der Waals surface area contributed by atoms with Crippen molar-refractivity contribution in [2.75, 3.05) is 20.7 Å². The van der Waals surface area contributed by atoms with Crippen LogP contribution in [0.25, 0.3) is 0 Å². The second kappa shape index (κ2) is 8.52. The standard InChI is InChI=1S/C16H26N2O3/c1-11(2)9-18-10-13-6-7-14(20-5)8-15(13)21-12(3)16(19)17-4/h6-8,11-12,18H,9-10H2,1-5H3,(H,17,19). The van der Waals surface area contributed by atoms with E-state index in [0.717, 1.165) is 12.1 Å². The van der Waals surface area contributed by atoms with E-state index in [1.807, 2.05) is 18.2 Å². The van der Waals surface area contributed by atoms with Crippen LogP contribution in [-0.2, 0) is 11.3 Å². The van der Waals surface area contributed by atoms with Gasteiger partial charge in [-0.3, -0.25) is 4.79 Å². The maximum Gasteiger partial charge on any atom is 0.260 e. The van der Waals surface area contributed by atoms with Crippen LogP contribution < -0.4 is 20.1 Å². The second-order valence-electron chi connectivity index (χ2n) is 5.37. The second-order valence-corrected chi connectivity index (χ2v) is 5.37. The van der Waals surface area contributed by atoms with Crippen LogP contribution in [0.4, 0.5) is 0 Å². The predicted molar refractivity (Wildman–Crippen MR) is 83.7 cm³/mol. The van der Waals surface area contributed by atoms with Gasteiger partial charge in [0, 0.05) is 25.2 Å². The van der Waals surface area contributed by atoms with Crippen molar-refractivity contribution in [3.05, 3.63) is 23.8 Å². The van der Waals surface area contributed by atoms with Crippen molar-refractivity contribution in [2.24, 2.45) is 5.92 Å². The summed E-state index contributed by atoms with van der Waals surface area (Å²) >= 11 is 0. The lowest BCUT2D eigenvalue weighted by Crippen LogP contribution is -2.34. The van der Waals surface area contributed by atoms with Crippen LogP contribution in [-0.4, -0.2) is 32.7 Å². The van der Waals surface area contributed by atoms with Crippen molar-refractivity contribution in [2.45, 2.75) is 33.4 Å². The van der Waals surface area contributed by atoms with Crippen LogP contribution in [0.3, 0.4) is 0 Å². The van der Waals surface area contributed by atoms with Gasteiger partial charge >= 0.3 is 0 Å². The lowest BCUT2D eigenvalue weighted by Gasteiger charge is -2.18. The molecule has 2 N–H and O–H groups in total. The first kappa shape index (κ1) is 17.3. The molecule has 0 saturated heterocycles. The number of carbonyl (C=O) groups excluding carboxylic acids is 1. The van der Waals surface area contributed by atoms with Gasteiger partial charge in [0.2, 0.25) is 0 Å². The maximum absolute atomic E-state index is 11.6. The van der Waals surface area contributed by atoms with Gasteiger partial charge in [-0.05, 0) is 25.5 Å². The zero-order chi connectivity index (χ0) is 15.8. The molecule has 1 rings (SSSR count).